The molecule has 1 aromatic carbocycles. The molecule has 1 fully saturated rings. The standard InChI is InChI=1S/C29H44N2O/c1-5-6-14-28(32)23-30(20-24-11-8-7-9-12-24)22-27-13-10-19-31(27)21-25-15-17-26(18-16-25)29(2,3)4/h5,10,13,15-19,24,28,32H,1,6-9,11-12,14,20-23H2,2-4H3. The lowest BCUT2D eigenvalue weighted by Gasteiger charge is -2.31. The van der Waals surface area contributed by atoms with E-state index < -0.39 is 0 Å². The molecule has 0 amide bonds. The maximum Gasteiger partial charge on any atom is 0.0670 e. The van der Waals surface area contributed by atoms with E-state index in [1.807, 2.05) is 6.08 Å². The zero-order chi connectivity index (χ0) is 23.0. The topological polar surface area (TPSA) is 28.4 Å². The minimum atomic E-state index is -0.287. The van der Waals surface area contributed by atoms with Crippen LogP contribution in [0, 0.1) is 5.92 Å². The highest BCUT2D eigenvalue weighted by Gasteiger charge is 2.20. The molecule has 0 radical (unpaired) electrons. The quantitative estimate of drug-likeness (QED) is 0.405. The van der Waals surface area contributed by atoms with Crippen LogP contribution in [0.15, 0.2) is 55.3 Å². The highest BCUT2D eigenvalue weighted by Crippen LogP contribution is 2.26. The fourth-order valence-electron chi connectivity index (χ4n) is 4.92. The van der Waals surface area contributed by atoms with Crippen LogP contribution in [-0.2, 0) is 18.5 Å². The van der Waals surface area contributed by atoms with E-state index >= 15 is 0 Å². The molecule has 1 saturated carbocycles. The van der Waals surface area contributed by atoms with E-state index in [2.05, 4.69) is 79.4 Å². The summed E-state index contributed by atoms with van der Waals surface area (Å²) in [5.74, 6) is 0.767. The summed E-state index contributed by atoms with van der Waals surface area (Å²) in [5, 5.41) is 10.6. The molecule has 1 N–H and O–H groups in total. The van der Waals surface area contributed by atoms with Gasteiger partial charge in [0.05, 0.1) is 6.10 Å². The van der Waals surface area contributed by atoms with Crippen LogP contribution in [0.25, 0.3) is 0 Å². The summed E-state index contributed by atoms with van der Waals surface area (Å²) in [6.45, 7) is 14.2. The second-order valence-electron chi connectivity index (χ2n) is 10.8. The van der Waals surface area contributed by atoms with Crippen molar-refractivity contribution in [3.8, 4) is 0 Å². The van der Waals surface area contributed by atoms with Gasteiger partial charge in [-0.1, -0.05) is 70.4 Å². The predicted octanol–water partition coefficient (Wildman–Crippen LogP) is 6.54. The number of hydrogen-bond donors (Lipinski definition) is 1. The van der Waals surface area contributed by atoms with E-state index in [0.29, 0.717) is 0 Å². The Morgan fingerprint density at radius 1 is 1.12 bits per heavy atom. The minimum Gasteiger partial charge on any atom is -0.392 e. The Morgan fingerprint density at radius 3 is 2.50 bits per heavy atom. The van der Waals surface area contributed by atoms with Gasteiger partial charge in [-0.05, 0) is 60.3 Å². The summed E-state index contributed by atoms with van der Waals surface area (Å²) >= 11 is 0. The molecule has 0 aliphatic heterocycles. The molecule has 0 bridgehead atoms. The molecule has 1 aliphatic rings. The number of aliphatic hydroxyl groups excluding tert-OH is 1. The second kappa shape index (κ2) is 11.9. The van der Waals surface area contributed by atoms with Crippen LogP contribution in [0.3, 0.4) is 0 Å². The molecule has 1 unspecified atom stereocenters. The van der Waals surface area contributed by atoms with Gasteiger partial charge >= 0.3 is 0 Å². The van der Waals surface area contributed by atoms with Crippen LogP contribution < -0.4 is 0 Å². The van der Waals surface area contributed by atoms with Crippen LogP contribution in [0.2, 0.25) is 0 Å². The van der Waals surface area contributed by atoms with E-state index in [-0.39, 0.29) is 11.5 Å². The predicted molar refractivity (Wildman–Crippen MR) is 136 cm³/mol. The number of aliphatic hydroxyl groups is 1. The molecule has 176 valence electrons. The van der Waals surface area contributed by atoms with Crippen molar-refractivity contribution in [3.63, 3.8) is 0 Å². The largest absolute Gasteiger partial charge is 0.392 e. The first-order valence-electron chi connectivity index (χ1n) is 12.6. The van der Waals surface area contributed by atoms with Crippen LogP contribution in [0.5, 0.6) is 0 Å². The highest BCUT2D eigenvalue weighted by atomic mass is 16.3. The molecule has 1 aliphatic carbocycles. The summed E-state index contributed by atoms with van der Waals surface area (Å²) in [6.07, 6.45) is 12.3. The van der Waals surface area contributed by atoms with Gasteiger partial charge in [0.25, 0.3) is 0 Å². The number of aromatic nitrogens is 1. The monoisotopic (exact) mass is 436 g/mol. The fourth-order valence-corrected chi connectivity index (χ4v) is 4.92. The molecule has 0 saturated heterocycles. The molecule has 2 aromatic rings. The third-order valence-corrected chi connectivity index (χ3v) is 6.90. The van der Waals surface area contributed by atoms with E-state index in [1.165, 1.54) is 48.9 Å². The van der Waals surface area contributed by atoms with Crippen molar-refractivity contribution < 1.29 is 5.11 Å². The lowest BCUT2D eigenvalue weighted by Crippen LogP contribution is -2.36. The van der Waals surface area contributed by atoms with Crippen molar-refractivity contribution in [2.45, 2.75) is 90.3 Å². The Balaban J connectivity index is 1.67. The average Bonchev–Trinajstić information content (AvgIpc) is 3.19. The van der Waals surface area contributed by atoms with Crippen molar-refractivity contribution in [2.24, 2.45) is 5.92 Å². The first kappa shape index (κ1) is 24.8. The summed E-state index contributed by atoms with van der Waals surface area (Å²) in [5.41, 5.74) is 4.22. The Kier molecular flexibility index (Phi) is 9.19. The van der Waals surface area contributed by atoms with Crippen LogP contribution >= 0.6 is 0 Å². The Bertz CT molecular complexity index is 808. The van der Waals surface area contributed by atoms with Gasteiger partial charge in [0, 0.05) is 38.1 Å². The van der Waals surface area contributed by atoms with Crippen molar-refractivity contribution in [1.29, 1.82) is 0 Å². The number of allylic oxidation sites excluding steroid dienone is 1. The van der Waals surface area contributed by atoms with Gasteiger partial charge < -0.3 is 9.67 Å². The molecule has 1 aromatic heterocycles. The number of nitrogens with zero attached hydrogens (tertiary/aromatic N) is 2. The summed E-state index contributed by atoms with van der Waals surface area (Å²) in [7, 11) is 0. The Morgan fingerprint density at radius 2 is 1.84 bits per heavy atom. The van der Waals surface area contributed by atoms with Crippen molar-refractivity contribution in [1.82, 2.24) is 9.47 Å². The van der Waals surface area contributed by atoms with Gasteiger partial charge in [-0.25, -0.2) is 0 Å². The molecule has 3 rings (SSSR count). The lowest BCUT2D eigenvalue weighted by atomic mass is 9.87. The first-order valence-corrected chi connectivity index (χ1v) is 12.6. The molecular formula is C29H44N2O. The molecule has 3 nitrogen and oxygen atoms in total. The molecule has 1 atom stereocenters. The van der Waals surface area contributed by atoms with Crippen LogP contribution in [0.4, 0.5) is 0 Å². The van der Waals surface area contributed by atoms with Gasteiger partial charge in [0.15, 0.2) is 0 Å². The second-order valence-corrected chi connectivity index (χ2v) is 10.8. The summed E-state index contributed by atoms with van der Waals surface area (Å²) in [6, 6.07) is 13.5. The Labute approximate surface area is 196 Å². The first-order chi connectivity index (χ1) is 15.3. The van der Waals surface area contributed by atoms with Gasteiger partial charge in [0.1, 0.15) is 0 Å². The van der Waals surface area contributed by atoms with Crippen molar-refractivity contribution in [3.05, 3.63) is 72.1 Å². The highest BCUT2D eigenvalue weighted by molar-refractivity contribution is 5.28. The Hall–Kier alpha value is -1.84. The number of benzene rings is 1. The molecular weight excluding hydrogens is 392 g/mol. The van der Waals surface area contributed by atoms with Gasteiger partial charge in [-0.3, -0.25) is 4.90 Å². The molecule has 1 heterocycles. The van der Waals surface area contributed by atoms with Gasteiger partial charge in [-0.2, -0.15) is 0 Å². The number of rotatable bonds is 11. The van der Waals surface area contributed by atoms with Crippen molar-refractivity contribution in [2.75, 3.05) is 13.1 Å². The average molecular weight is 437 g/mol. The zero-order valence-corrected chi connectivity index (χ0v) is 20.6. The molecule has 32 heavy (non-hydrogen) atoms. The maximum absolute atomic E-state index is 10.6. The van der Waals surface area contributed by atoms with Crippen molar-refractivity contribution >= 4 is 0 Å². The number of hydrogen-bond acceptors (Lipinski definition) is 2. The van der Waals surface area contributed by atoms with Gasteiger partial charge in [-0.15, -0.1) is 6.58 Å². The van der Waals surface area contributed by atoms with E-state index in [9.17, 15) is 5.11 Å². The summed E-state index contributed by atoms with van der Waals surface area (Å²) < 4.78 is 2.37. The smallest absolute Gasteiger partial charge is 0.0670 e. The molecule has 0 spiro atoms. The third kappa shape index (κ3) is 7.64. The van der Waals surface area contributed by atoms with Crippen LogP contribution in [0.1, 0.15) is 82.5 Å². The minimum absolute atomic E-state index is 0.184. The third-order valence-electron chi connectivity index (χ3n) is 6.90. The van der Waals surface area contributed by atoms with Gasteiger partial charge in [0.2, 0.25) is 0 Å². The maximum atomic E-state index is 10.6. The normalized spacial score (nSPS) is 16.4. The van der Waals surface area contributed by atoms with E-state index in [1.54, 1.807) is 0 Å². The lowest BCUT2D eigenvalue weighted by molar-refractivity contribution is 0.0864. The molecule has 3 heteroatoms. The zero-order valence-electron chi connectivity index (χ0n) is 20.6. The van der Waals surface area contributed by atoms with E-state index in [4.69, 9.17) is 0 Å². The summed E-state index contributed by atoms with van der Waals surface area (Å²) in [4.78, 5) is 2.50. The SMILES string of the molecule is C=CCCC(O)CN(Cc1cccn1Cc1ccc(C(C)(C)C)cc1)CC1CCCCC1. The van der Waals surface area contributed by atoms with E-state index in [0.717, 1.165) is 44.9 Å². The fraction of sp³-hybridized carbons (Fsp3) is 0.586. The van der Waals surface area contributed by atoms with Crippen LogP contribution in [-0.4, -0.2) is 33.8 Å².